The van der Waals surface area contributed by atoms with Crippen LogP contribution in [0.3, 0.4) is 0 Å². The first kappa shape index (κ1) is 12.1. The normalized spacial score (nSPS) is 19.8. The van der Waals surface area contributed by atoms with E-state index in [0.717, 1.165) is 0 Å². The number of nitrogens with zero attached hydrogens (tertiary/aromatic N) is 2. The lowest BCUT2D eigenvalue weighted by atomic mass is 10.2. The smallest absolute Gasteiger partial charge is 0.271 e. The van der Waals surface area contributed by atoms with Crippen LogP contribution in [0.5, 0.6) is 0 Å². The molecule has 90 valence electrons. The molecule has 0 spiro atoms. The molecule has 1 aromatic rings. The molecule has 0 saturated carbocycles. The quantitative estimate of drug-likeness (QED) is 0.473. The molecule has 5 nitrogen and oxygen atoms in total. The molecule has 0 radical (unpaired) electrons. The topological polar surface area (TPSA) is 63.5 Å². The Morgan fingerprint density at radius 1 is 1.47 bits per heavy atom. The number of non-ortho nitro benzene ring substituents is 1. The predicted octanol–water partition coefficient (Wildman–Crippen LogP) is 2.59. The van der Waals surface area contributed by atoms with Gasteiger partial charge >= 0.3 is 0 Å². The number of hydrogen-bond donors (Lipinski definition) is 0. The summed E-state index contributed by atoms with van der Waals surface area (Å²) in [6.45, 7) is 0.321. The van der Waals surface area contributed by atoms with E-state index in [-0.39, 0.29) is 23.4 Å². The summed E-state index contributed by atoms with van der Waals surface area (Å²) in [5.41, 5.74) is 0.240. The molecule has 1 atom stereocenters. The zero-order valence-corrected chi connectivity index (χ0v) is 10.1. The molecule has 1 amide bonds. The van der Waals surface area contributed by atoms with Crippen LogP contribution in [0, 0.1) is 10.1 Å². The van der Waals surface area contributed by atoms with Gasteiger partial charge < -0.3 is 4.90 Å². The fourth-order valence-corrected chi connectivity index (χ4v) is 2.21. The van der Waals surface area contributed by atoms with E-state index < -0.39 is 4.92 Å². The summed E-state index contributed by atoms with van der Waals surface area (Å²) < 4.78 is 0. The van der Waals surface area contributed by atoms with E-state index in [0.29, 0.717) is 17.3 Å². The monoisotopic (exact) mass is 274 g/mol. The number of anilines is 1. The molecular formula is C10H8Cl2N2O3. The summed E-state index contributed by atoms with van der Waals surface area (Å²) in [5, 5.41) is 10.7. The van der Waals surface area contributed by atoms with Crippen LogP contribution in [0.15, 0.2) is 18.2 Å². The summed E-state index contributed by atoms with van der Waals surface area (Å²) in [6.07, 6.45) is 0.223. The predicted molar refractivity (Wildman–Crippen MR) is 64.7 cm³/mol. The van der Waals surface area contributed by atoms with Gasteiger partial charge in [0.05, 0.1) is 21.0 Å². The first-order valence-corrected chi connectivity index (χ1v) is 5.69. The van der Waals surface area contributed by atoms with Gasteiger partial charge in [-0.3, -0.25) is 14.9 Å². The van der Waals surface area contributed by atoms with Crippen LogP contribution < -0.4 is 4.90 Å². The van der Waals surface area contributed by atoms with Crippen molar-refractivity contribution < 1.29 is 9.72 Å². The molecule has 0 bridgehead atoms. The molecule has 1 aromatic carbocycles. The molecule has 1 unspecified atom stereocenters. The third kappa shape index (κ3) is 2.35. The number of halogens is 2. The first-order valence-electron chi connectivity index (χ1n) is 4.87. The molecule has 1 aliphatic rings. The van der Waals surface area contributed by atoms with Gasteiger partial charge in [0.15, 0.2) is 0 Å². The van der Waals surface area contributed by atoms with Crippen LogP contribution in [-0.4, -0.2) is 22.8 Å². The number of nitro groups is 1. The second-order valence-corrected chi connectivity index (χ2v) is 4.72. The van der Waals surface area contributed by atoms with Gasteiger partial charge in [-0.2, -0.15) is 0 Å². The lowest BCUT2D eigenvalue weighted by Gasteiger charge is -2.16. The average molecular weight is 275 g/mol. The fraction of sp³-hybridized carbons (Fsp3) is 0.300. The number of amides is 1. The van der Waals surface area contributed by atoms with Crippen molar-refractivity contribution in [3.8, 4) is 0 Å². The highest BCUT2D eigenvalue weighted by Crippen LogP contribution is 2.33. The van der Waals surface area contributed by atoms with Gasteiger partial charge in [-0.15, -0.1) is 11.6 Å². The van der Waals surface area contributed by atoms with Crippen LogP contribution in [0.1, 0.15) is 6.42 Å². The molecule has 0 N–H and O–H groups in total. The van der Waals surface area contributed by atoms with Gasteiger partial charge in [0.25, 0.3) is 5.69 Å². The fourth-order valence-electron chi connectivity index (χ4n) is 1.72. The zero-order valence-electron chi connectivity index (χ0n) is 8.60. The van der Waals surface area contributed by atoms with Crippen molar-refractivity contribution in [1.29, 1.82) is 0 Å². The van der Waals surface area contributed by atoms with Crippen LogP contribution in [0.25, 0.3) is 0 Å². The van der Waals surface area contributed by atoms with Crippen molar-refractivity contribution in [3.63, 3.8) is 0 Å². The summed E-state index contributed by atoms with van der Waals surface area (Å²) in [6, 6.07) is 3.99. The van der Waals surface area contributed by atoms with Crippen molar-refractivity contribution >= 4 is 40.5 Å². The van der Waals surface area contributed by atoms with Crippen molar-refractivity contribution in [2.24, 2.45) is 0 Å². The van der Waals surface area contributed by atoms with Gasteiger partial charge in [-0.25, -0.2) is 0 Å². The van der Waals surface area contributed by atoms with Crippen molar-refractivity contribution in [2.45, 2.75) is 11.8 Å². The van der Waals surface area contributed by atoms with E-state index >= 15 is 0 Å². The maximum Gasteiger partial charge on any atom is 0.271 e. The number of rotatable bonds is 2. The number of hydrogen-bond acceptors (Lipinski definition) is 3. The molecule has 1 fully saturated rings. The van der Waals surface area contributed by atoms with Gasteiger partial charge in [0.1, 0.15) is 0 Å². The van der Waals surface area contributed by atoms with E-state index in [1.807, 2.05) is 0 Å². The highest BCUT2D eigenvalue weighted by Gasteiger charge is 2.31. The number of benzene rings is 1. The van der Waals surface area contributed by atoms with E-state index in [1.54, 1.807) is 0 Å². The Morgan fingerprint density at radius 2 is 2.18 bits per heavy atom. The molecule has 0 aliphatic carbocycles. The number of carbonyl (C=O) groups excluding carboxylic acids is 1. The number of alkyl halides is 1. The Hall–Kier alpha value is -1.33. The van der Waals surface area contributed by atoms with Gasteiger partial charge in [0.2, 0.25) is 5.91 Å². The maximum absolute atomic E-state index is 11.6. The minimum absolute atomic E-state index is 0.102. The zero-order chi connectivity index (χ0) is 12.6. The van der Waals surface area contributed by atoms with Gasteiger partial charge in [0, 0.05) is 25.1 Å². The van der Waals surface area contributed by atoms with E-state index in [9.17, 15) is 14.9 Å². The molecule has 17 heavy (non-hydrogen) atoms. The molecule has 0 aromatic heterocycles. The Kier molecular flexibility index (Phi) is 3.22. The molecule has 1 saturated heterocycles. The Bertz CT molecular complexity index is 492. The van der Waals surface area contributed by atoms with Crippen LogP contribution >= 0.6 is 23.2 Å². The highest BCUT2D eigenvalue weighted by atomic mass is 35.5. The van der Waals surface area contributed by atoms with Gasteiger partial charge in [-0.1, -0.05) is 11.6 Å². The standard InChI is InChI=1S/C10H8Cl2N2O3/c11-6-3-10(15)13(5-6)9-4-7(14(16)17)1-2-8(9)12/h1-2,4,6H,3,5H2. The summed E-state index contributed by atoms with van der Waals surface area (Å²) >= 11 is 11.8. The average Bonchev–Trinajstić information content (AvgIpc) is 2.58. The number of nitro benzene ring substituents is 1. The Labute approximate surface area is 107 Å². The van der Waals surface area contributed by atoms with Crippen molar-refractivity contribution in [3.05, 3.63) is 33.3 Å². The van der Waals surface area contributed by atoms with Crippen LogP contribution in [0.4, 0.5) is 11.4 Å². The van der Waals surface area contributed by atoms with Crippen LogP contribution in [0.2, 0.25) is 5.02 Å². The minimum atomic E-state index is -0.529. The third-order valence-electron chi connectivity index (χ3n) is 2.51. The second-order valence-electron chi connectivity index (χ2n) is 3.70. The van der Waals surface area contributed by atoms with Crippen molar-refractivity contribution in [1.82, 2.24) is 0 Å². The lowest BCUT2D eigenvalue weighted by Crippen LogP contribution is -2.24. The lowest BCUT2D eigenvalue weighted by molar-refractivity contribution is -0.384. The largest absolute Gasteiger partial charge is 0.309 e. The molecule has 2 rings (SSSR count). The van der Waals surface area contributed by atoms with Gasteiger partial charge in [-0.05, 0) is 6.07 Å². The first-order chi connectivity index (χ1) is 7.99. The molecule has 1 aliphatic heterocycles. The summed E-state index contributed by atoms with van der Waals surface area (Å²) in [7, 11) is 0. The highest BCUT2D eigenvalue weighted by molar-refractivity contribution is 6.34. The van der Waals surface area contributed by atoms with E-state index in [1.165, 1.54) is 23.1 Å². The molecule has 1 heterocycles. The SMILES string of the molecule is O=C1CC(Cl)CN1c1cc([N+](=O)[O-])ccc1Cl. The van der Waals surface area contributed by atoms with Crippen molar-refractivity contribution in [2.75, 3.05) is 11.4 Å². The Balaban J connectivity index is 2.41. The minimum Gasteiger partial charge on any atom is -0.309 e. The summed E-state index contributed by atoms with van der Waals surface area (Å²) in [4.78, 5) is 23.1. The maximum atomic E-state index is 11.6. The van der Waals surface area contributed by atoms with E-state index in [2.05, 4.69) is 0 Å². The third-order valence-corrected chi connectivity index (χ3v) is 3.12. The van der Waals surface area contributed by atoms with E-state index in [4.69, 9.17) is 23.2 Å². The van der Waals surface area contributed by atoms with Crippen LogP contribution in [-0.2, 0) is 4.79 Å². The molecular weight excluding hydrogens is 267 g/mol. The Morgan fingerprint density at radius 3 is 2.71 bits per heavy atom. The second kappa shape index (κ2) is 4.50. The molecule has 7 heteroatoms. The summed E-state index contributed by atoms with van der Waals surface area (Å²) in [5.74, 6) is -0.174. The number of carbonyl (C=O) groups is 1.